The molecule has 1 fully saturated rings. The third-order valence-corrected chi connectivity index (χ3v) is 8.82. The molecule has 5 rings (SSSR count). The number of hydrogen-bond donors (Lipinski definition) is 0. The molecule has 0 spiro atoms. The number of pyridine rings is 1. The average molecular weight is 608 g/mol. The lowest BCUT2D eigenvalue weighted by Gasteiger charge is -2.34. The van der Waals surface area contributed by atoms with Crippen LogP contribution in [0.4, 0.5) is 4.79 Å². The topological polar surface area (TPSA) is 100.0 Å². The predicted octanol–water partition coefficient (Wildman–Crippen LogP) is 6.59. The number of ether oxygens (including phenoxy) is 3. The fraction of sp³-hybridized carbons (Fsp3) is 0.515. The minimum Gasteiger partial charge on any atom is -0.493 e. The summed E-state index contributed by atoms with van der Waals surface area (Å²) in [6.45, 7) is 13.7. The first kappa shape index (κ1) is 30.8. The second-order valence-electron chi connectivity index (χ2n) is 12.6. The summed E-state index contributed by atoms with van der Waals surface area (Å²) in [5.41, 5.74) is 2.87. The fourth-order valence-electron chi connectivity index (χ4n) is 5.77. The van der Waals surface area contributed by atoms with Crippen LogP contribution in [-0.2, 0) is 15.9 Å². The molecule has 1 amide bonds. The molecule has 10 heteroatoms. The number of nitrogens with zero attached hydrogens (tertiary/aromatic N) is 3. The lowest BCUT2D eigenvalue weighted by Crippen LogP contribution is -2.42. The van der Waals surface area contributed by atoms with Gasteiger partial charge in [0.05, 0.1) is 24.5 Å². The molecule has 9 nitrogen and oxygen atoms in total. The maximum absolute atomic E-state index is 13.1. The van der Waals surface area contributed by atoms with Crippen LogP contribution in [0.1, 0.15) is 76.3 Å². The maximum atomic E-state index is 13.1. The molecular weight excluding hydrogens is 566 g/mol. The highest BCUT2D eigenvalue weighted by atomic mass is 32.1. The Kier molecular flexibility index (Phi) is 8.96. The highest BCUT2D eigenvalue weighted by Crippen LogP contribution is 2.43. The van der Waals surface area contributed by atoms with Crippen LogP contribution in [0, 0.1) is 11.8 Å². The Hall–Kier alpha value is -3.66. The molecule has 1 aromatic carbocycles. The number of thiazole rings is 1. The number of piperidine rings is 1. The molecule has 2 aromatic heterocycles. The SMILES string of the molecule is CCOC(=O)c1cn2c(cc1=O)-c1cc(-c3nccs3)c(OCC3CCN(C(=O)OC(C)(C)C)CC3)cc1CC2C(C)C. The highest BCUT2D eigenvalue weighted by Gasteiger charge is 2.31. The zero-order valence-electron chi connectivity index (χ0n) is 25.8. The van der Waals surface area contributed by atoms with Crippen LogP contribution in [0.5, 0.6) is 5.75 Å². The summed E-state index contributed by atoms with van der Waals surface area (Å²) in [7, 11) is 0. The number of benzene rings is 1. The second kappa shape index (κ2) is 12.5. The molecule has 0 aliphatic carbocycles. The first-order chi connectivity index (χ1) is 20.4. The molecule has 1 unspecified atom stereocenters. The van der Waals surface area contributed by atoms with E-state index in [2.05, 4.69) is 35.5 Å². The van der Waals surface area contributed by atoms with Gasteiger partial charge in [-0.25, -0.2) is 14.6 Å². The van der Waals surface area contributed by atoms with Crippen molar-refractivity contribution in [1.29, 1.82) is 0 Å². The Morgan fingerprint density at radius 2 is 1.86 bits per heavy atom. The van der Waals surface area contributed by atoms with Gasteiger partial charge in [0.25, 0.3) is 0 Å². The van der Waals surface area contributed by atoms with Crippen LogP contribution in [0.25, 0.3) is 21.8 Å². The first-order valence-electron chi connectivity index (χ1n) is 15.1. The summed E-state index contributed by atoms with van der Waals surface area (Å²) >= 11 is 1.53. The zero-order valence-corrected chi connectivity index (χ0v) is 26.7. The van der Waals surface area contributed by atoms with Crippen molar-refractivity contribution in [3.63, 3.8) is 0 Å². The number of amides is 1. The molecule has 43 heavy (non-hydrogen) atoms. The van der Waals surface area contributed by atoms with Crippen molar-refractivity contribution in [1.82, 2.24) is 14.5 Å². The largest absolute Gasteiger partial charge is 0.493 e. The standard InChI is InChI=1S/C33H41N3O6S/c1-7-40-31(38)25-18-36-26(20(2)3)14-22-15-29(24(30-34-10-13-43-30)16-23(22)27(36)17-28(25)37)41-19-21-8-11-35(12-9-21)32(39)42-33(4,5)6/h10,13,15-18,20-21,26H,7-9,11-12,14,19H2,1-6H3. The molecule has 1 atom stereocenters. The number of aromatic nitrogens is 2. The molecule has 0 bridgehead atoms. The van der Waals surface area contributed by atoms with Crippen LogP contribution in [-0.4, -0.2) is 58.4 Å². The quantitative estimate of drug-likeness (QED) is 0.279. The van der Waals surface area contributed by atoms with Gasteiger partial charge in [-0.1, -0.05) is 13.8 Å². The van der Waals surface area contributed by atoms with Crippen molar-refractivity contribution in [2.45, 2.75) is 72.4 Å². The van der Waals surface area contributed by atoms with Crippen LogP contribution in [0.2, 0.25) is 0 Å². The van der Waals surface area contributed by atoms with Crippen LogP contribution >= 0.6 is 11.3 Å². The summed E-state index contributed by atoms with van der Waals surface area (Å²) in [5, 5.41) is 2.77. The third kappa shape index (κ3) is 6.79. The van der Waals surface area contributed by atoms with Gasteiger partial charge >= 0.3 is 12.1 Å². The molecule has 230 valence electrons. The monoisotopic (exact) mass is 607 g/mol. The molecule has 2 aliphatic rings. The molecule has 0 radical (unpaired) electrons. The maximum Gasteiger partial charge on any atom is 0.410 e. The Labute approximate surface area is 256 Å². The smallest absolute Gasteiger partial charge is 0.410 e. The van der Waals surface area contributed by atoms with Crippen LogP contribution < -0.4 is 10.2 Å². The van der Waals surface area contributed by atoms with E-state index in [9.17, 15) is 14.4 Å². The van der Waals surface area contributed by atoms with E-state index in [1.165, 1.54) is 11.3 Å². The lowest BCUT2D eigenvalue weighted by atomic mass is 9.86. The minimum atomic E-state index is -0.597. The number of carbonyl (C=O) groups is 2. The summed E-state index contributed by atoms with van der Waals surface area (Å²) in [5.74, 6) is 0.732. The van der Waals surface area contributed by atoms with Gasteiger partial charge in [-0.2, -0.15) is 0 Å². The molecule has 4 heterocycles. The molecule has 0 N–H and O–H groups in total. The van der Waals surface area contributed by atoms with Crippen LogP contribution in [0.3, 0.4) is 0 Å². The van der Waals surface area contributed by atoms with Crippen molar-refractivity contribution >= 4 is 23.4 Å². The summed E-state index contributed by atoms with van der Waals surface area (Å²) in [6, 6.07) is 5.78. The molecule has 2 aliphatic heterocycles. The number of hydrogen-bond acceptors (Lipinski definition) is 8. The fourth-order valence-corrected chi connectivity index (χ4v) is 6.43. The normalized spacial score (nSPS) is 16.9. The van der Waals surface area contributed by atoms with Crippen molar-refractivity contribution in [3.05, 3.63) is 57.3 Å². The molecular formula is C33H41N3O6S. The number of carbonyl (C=O) groups excluding carboxylic acids is 2. The number of fused-ring (bicyclic) bond motifs is 3. The zero-order chi connectivity index (χ0) is 30.9. The Balaban J connectivity index is 1.43. The van der Waals surface area contributed by atoms with Crippen LogP contribution in [0.15, 0.2) is 40.8 Å². The Morgan fingerprint density at radius 1 is 1.12 bits per heavy atom. The van der Waals surface area contributed by atoms with Crippen molar-refractivity contribution in [2.24, 2.45) is 11.8 Å². The van der Waals surface area contributed by atoms with Gasteiger partial charge in [-0.15, -0.1) is 11.3 Å². The minimum absolute atomic E-state index is 0.0482. The lowest BCUT2D eigenvalue weighted by molar-refractivity contribution is 0.0164. The summed E-state index contributed by atoms with van der Waals surface area (Å²) < 4.78 is 19.3. The van der Waals surface area contributed by atoms with Gasteiger partial charge in [0.2, 0.25) is 0 Å². The number of rotatable bonds is 7. The molecule has 3 aromatic rings. The number of esters is 1. The van der Waals surface area contributed by atoms with E-state index in [1.807, 2.05) is 26.2 Å². The van der Waals surface area contributed by atoms with Gasteiger partial charge in [-0.3, -0.25) is 4.79 Å². The molecule has 1 saturated heterocycles. The summed E-state index contributed by atoms with van der Waals surface area (Å²) in [6.07, 6.45) is 5.58. The van der Waals surface area contributed by atoms with E-state index >= 15 is 0 Å². The molecule has 0 saturated carbocycles. The van der Waals surface area contributed by atoms with Crippen molar-refractivity contribution < 1.29 is 23.8 Å². The Morgan fingerprint density at radius 3 is 2.49 bits per heavy atom. The third-order valence-electron chi connectivity index (χ3n) is 8.02. The van der Waals surface area contributed by atoms with E-state index in [0.717, 1.165) is 52.4 Å². The van der Waals surface area contributed by atoms with Gasteiger partial charge in [0.15, 0.2) is 5.43 Å². The van der Waals surface area contributed by atoms with E-state index in [4.69, 9.17) is 14.2 Å². The van der Waals surface area contributed by atoms with Gasteiger partial charge in [0.1, 0.15) is 21.9 Å². The van der Waals surface area contributed by atoms with Gasteiger partial charge in [-0.05, 0) is 76.5 Å². The second-order valence-corrected chi connectivity index (χ2v) is 13.5. The van der Waals surface area contributed by atoms with Crippen molar-refractivity contribution in [3.8, 4) is 27.6 Å². The van der Waals surface area contributed by atoms with E-state index in [0.29, 0.717) is 25.6 Å². The van der Waals surface area contributed by atoms with Gasteiger partial charge < -0.3 is 23.7 Å². The Bertz CT molecular complexity index is 1530. The van der Waals surface area contributed by atoms with E-state index in [1.54, 1.807) is 30.3 Å². The van der Waals surface area contributed by atoms with E-state index in [-0.39, 0.29) is 35.7 Å². The van der Waals surface area contributed by atoms with Crippen molar-refractivity contribution in [2.75, 3.05) is 26.3 Å². The summed E-state index contributed by atoms with van der Waals surface area (Å²) in [4.78, 5) is 44.5. The first-order valence-corrected chi connectivity index (χ1v) is 15.9. The highest BCUT2D eigenvalue weighted by molar-refractivity contribution is 7.13. The number of likely N-dealkylation sites (tertiary alicyclic amines) is 1. The predicted molar refractivity (Wildman–Crippen MR) is 167 cm³/mol. The average Bonchev–Trinajstić information content (AvgIpc) is 3.49. The van der Waals surface area contributed by atoms with Gasteiger partial charge in [0, 0.05) is 48.5 Å². The van der Waals surface area contributed by atoms with E-state index < -0.39 is 11.6 Å².